The number of nitrogens with one attached hydrogen (secondary N) is 2. The van der Waals surface area contributed by atoms with Crippen molar-refractivity contribution in [2.45, 2.75) is 16.0 Å². The fourth-order valence-corrected chi connectivity index (χ4v) is 5.17. The van der Waals surface area contributed by atoms with Crippen LogP contribution < -0.4 is 15.4 Å². The summed E-state index contributed by atoms with van der Waals surface area (Å²) in [6.07, 6.45) is 0.901. The maximum Gasteiger partial charge on any atom is 0.242 e. The van der Waals surface area contributed by atoms with Gasteiger partial charge in [0.2, 0.25) is 11.0 Å². The summed E-state index contributed by atoms with van der Waals surface area (Å²) < 4.78 is 5.99. The number of rotatable bonds is 10. The molecule has 0 aliphatic rings. The Kier molecular flexibility index (Phi) is 7.94. The quantitative estimate of drug-likeness (QED) is 0.287. The molecular weight excluding hydrogens is 452 g/mol. The van der Waals surface area contributed by atoms with Crippen molar-refractivity contribution in [1.82, 2.24) is 10.2 Å². The Morgan fingerprint density at radius 3 is 2.52 bits per heavy atom. The molecule has 0 fully saturated rings. The molecule has 0 aliphatic heterocycles. The molecule has 168 valence electrons. The highest BCUT2D eigenvalue weighted by Gasteiger charge is 2.24. The summed E-state index contributed by atoms with van der Waals surface area (Å²) in [6, 6.07) is 27.3. The smallest absolute Gasteiger partial charge is 0.242 e. The van der Waals surface area contributed by atoms with Gasteiger partial charge in [-0.05, 0) is 29.7 Å². The number of hydrogen-bond donors (Lipinski definition) is 2. The Morgan fingerprint density at radius 1 is 1.00 bits per heavy atom. The van der Waals surface area contributed by atoms with Crippen molar-refractivity contribution in [2.75, 3.05) is 24.3 Å². The molecule has 1 amide bonds. The number of aromatic nitrogens is 2. The van der Waals surface area contributed by atoms with Crippen LogP contribution in [0.25, 0.3) is 0 Å². The third kappa shape index (κ3) is 6.57. The first-order valence-electron chi connectivity index (χ1n) is 10.5. The zero-order valence-electron chi connectivity index (χ0n) is 18.1. The largest absolute Gasteiger partial charge is 0.497 e. The summed E-state index contributed by atoms with van der Waals surface area (Å²) in [5.41, 5.74) is 2.85. The summed E-state index contributed by atoms with van der Waals surface area (Å²) in [6.45, 7) is 0.766. The van der Waals surface area contributed by atoms with Crippen LogP contribution >= 0.6 is 23.1 Å². The van der Waals surface area contributed by atoms with Crippen LogP contribution in [0.4, 0.5) is 10.8 Å². The number of benzene rings is 3. The zero-order valence-corrected chi connectivity index (χ0v) is 19.7. The van der Waals surface area contributed by atoms with Gasteiger partial charge in [0.05, 0.1) is 7.11 Å². The second kappa shape index (κ2) is 11.5. The van der Waals surface area contributed by atoms with Crippen LogP contribution in [0.3, 0.4) is 0 Å². The van der Waals surface area contributed by atoms with Gasteiger partial charge in [0.25, 0.3) is 0 Å². The second-order valence-corrected chi connectivity index (χ2v) is 9.50. The third-order valence-corrected chi connectivity index (χ3v) is 7.06. The Balaban J connectivity index is 1.43. The molecule has 2 N–H and O–H groups in total. The molecule has 1 heterocycles. The van der Waals surface area contributed by atoms with Gasteiger partial charge in [-0.25, -0.2) is 0 Å². The SMILES string of the molecule is COc1cccc(NC(=O)C(Sc2nnc(NCCc3ccccc3)s2)c2ccccc2)c1. The number of thioether (sulfide) groups is 1. The van der Waals surface area contributed by atoms with E-state index in [1.807, 2.05) is 66.7 Å². The standard InChI is InChI=1S/C25H24N4O2S2/c1-31-21-14-8-13-20(17-21)27-23(30)22(19-11-6-3-7-12-19)32-25-29-28-24(33-25)26-16-15-18-9-4-2-5-10-18/h2-14,17,22H,15-16H2,1H3,(H,26,28)(H,27,30). The summed E-state index contributed by atoms with van der Waals surface area (Å²) >= 11 is 2.84. The van der Waals surface area contributed by atoms with Gasteiger partial charge in [-0.2, -0.15) is 0 Å². The zero-order chi connectivity index (χ0) is 22.9. The Morgan fingerprint density at radius 2 is 1.76 bits per heavy atom. The van der Waals surface area contributed by atoms with E-state index in [1.165, 1.54) is 28.7 Å². The number of carbonyl (C=O) groups excluding carboxylic acids is 1. The van der Waals surface area contributed by atoms with Crippen molar-refractivity contribution in [3.05, 3.63) is 96.1 Å². The summed E-state index contributed by atoms with van der Waals surface area (Å²) in [5.74, 6) is 0.556. The van der Waals surface area contributed by atoms with Crippen molar-refractivity contribution in [1.29, 1.82) is 0 Å². The van der Waals surface area contributed by atoms with Gasteiger partial charge in [0.1, 0.15) is 11.0 Å². The molecule has 0 aliphatic carbocycles. The predicted octanol–water partition coefficient (Wildman–Crippen LogP) is 5.67. The molecule has 0 spiro atoms. The van der Waals surface area contributed by atoms with Gasteiger partial charge in [-0.3, -0.25) is 4.79 Å². The Hall–Kier alpha value is -3.36. The lowest BCUT2D eigenvalue weighted by atomic mass is 10.1. The molecule has 1 unspecified atom stereocenters. The van der Waals surface area contributed by atoms with E-state index in [1.54, 1.807) is 13.2 Å². The Bertz CT molecular complexity index is 1170. The number of carbonyl (C=O) groups is 1. The highest BCUT2D eigenvalue weighted by Crippen LogP contribution is 2.38. The van der Waals surface area contributed by atoms with E-state index in [0.29, 0.717) is 11.4 Å². The minimum Gasteiger partial charge on any atom is -0.497 e. The van der Waals surface area contributed by atoms with E-state index in [-0.39, 0.29) is 5.91 Å². The van der Waals surface area contributed by atoms with Gasteiger partial charge < -0.3 is 15.4 Å². The lowest BCUT2D eigenvalue weighted by molar-refractivity contribution is -0.115. The number of methoxy groups -OCH3 is 1. The lowest BCUT2D eigenvalue weighted by Crippen LogP contribution is -2.19. The van der Waals surface area contributed by atoms with Crippen LogP contribution in [0.2, 0.25) is 0 Å². The average molecular weight is 477 g/mol. The van der Waals surface area contributed by atoms with Crippen molar-refractivity contribution >= 4 is 39.8 Å². The van der Waals surface area contributed by atoms with E-state index in [4.69, 9.17) is 4.74 Å². The number of amides is 1. The van der Waals surface area contributed by atoms with E-state index < -0.39 is 5.25 Å². The maximum atomic E-state index is 13.2. The maximum absolute atomic E-state index is 13.2. The molecule has 8 heteroatoms. The summed E-state index contributed by atoms with van der Waals surface area (Å²) in [5, 5.41) is 15.1. The van der Waals surface area contributed by atoms with Crippen LogP contribution in [0.5, 0.6) is 5.75 Å². The van der Waals surface area contributed by atoms with Crippen LogP contribution in [-0.2, 0) is 11.2 Å². The highest BCUT2D eigenvalue weighted by atomic mass is 32.2. The molecule has 33 heavy (non-hydrogen) atoms. The first-order chi connectivity index (χ1) is 16.2. The van der Waals surface area contributed by atoms with Gasteiger partial charge >= 0.3 is 0 Å². The Labute approximate surface area is 201 Å². The van der Waals surface area contributed by atoms with Crippen molar-refractivity contribution in [3.8, 4) is 5.75 Å². The average Bonchev–Trinajstić information content (AvgIpc) is 3.31. The van der Waals surface area contributed by atoms with Crippen LogP contribution in [-0.4, -0.2) is 29.8 Å². The number of anilines is 2. The first-order valence-corrected chi connectivity index (χ1v) is 12.2. The molecule has 4 rings (SSSR count). The van der Waals surface area contributed by atoms with Gasteiger partial charge in [0.15, 0.2) is 4.34 Å². The molecule has 3 aromatic carbocycles. The van der Waals surface area contributed by atoms with Crippen molar-refractivity contribution in [2.24, 2.45) is 0 Å². The predicted molar refractivity (Wildman–Crippen MR) is 135 cm³/mol. The fraction of sp³-hybridized carbons (Fsp3) is 0.160. The molecule has 0 saturated heterocycles. The number of nitrogens with zero attached hydrogens (tertiary/aromatic N) is 2. The van der Waals surface area contributed by atoms with E-state index in [9.17, 15) is 4.79 Å². The highest BCUT2D eigenvalue weighted by molar-refractivity contribution is 8.02. The molecule has 6 nitrogen and oxygen atoms in total. The molecule has 0 saturated carbocycles. The molecule has 1 atom stereocenters. The monoisotopic (exact) mass is 476 g/mol. The number of ether oxygens (including phenoxy) is 1. The molecule has 1 aromatic heterocycles. The van der Waals surface area contributed by atoms with E-state index in [0.717, 1.165) is 28.0 Å². The van der Waals surface area contributed by atoms with E-state index in [2.05, 4.69) is 33.0 Å². The van der Waals surface area contributed by atoms with Crippen LogP contribution in [0.15, 0.2) is 89.3 Å². The van der Waals surface area contributed by atoms with E-state index >= 15 is 0 Å². The number of hydrogen-bond acceptors (Lipinski definition) is 7. The lowest BCUT2D eigenvalue weighted by Gasteiger charge is -2.16. The molecular formula is C25H24N4O2S2. The topological polar surface area (TPSA) is 76.1 Å². The molecule has 4 aromatic rings. The van der Waals surface area contributed by atoms with Gasteiger partial charge in [-0.15, -0.1) is 10.2 Å². The minimum absolute atomic E-state index is 0.131. The third-order valence-electron chi connectivity index (χ3n) is 4.84. The molecule has 0 radical (unpaired) electrons. The van der Waals surface area contributed by atoms with Gasteiger partial charge in [0, 0.05) is 18.3 Å². The normalized spacial score (nSPS) is 11.5. The molecule has 0 bridgehead atoms. The fourth-order valence-electron chi connectivity index (χ4n) is 3.20. The van der Waals surface area contributed by atoms with Crippen molar-refractivity contribution < 1.29 is 9.53 Å². The van der Waals surface area contributed by atoms with Gasteiger partial charge in [-0.1, -0.05) is 89.8 Å². The first kappa shape index (κ1) is 22.8. The van der Waals surface area contributed by atoms with Crippen LogP contribution in [0.1, 0.15) is 16.4 Å². The van der Waals surface area contributed by atoms with Crippen molar-refractivity contribution in [3.63, 3.8) is 0 Å². The summed E-state index contributed by atoms with van der Waals surface area (Å²) in [4.78, 5) is 13.2. The summed E-state index contributed by atoms with van der Waals surface area (Å²) in [7, 11) is 1.60. The minimum atomic E-state index is -0.470. The van der Waals surface area contributed by atoms with Crippen LogP contribution in [0, 0.1) is 0 Å². The second-order valence-electron chi connectivity index (χ2n) is 7.17.